The van der Waals surface area contributed by atoms with E-state index in [1.54, 1.807) is 0 Å². The second-order valence-electron chi connectivity index (χ2n) is 4.86. The molecule has 1 saturated carbocycles. The van der Waals surface area contributed by atoms with E-state index in [2.05, 4.69) is 22.9 Å². The molecule has 0 bridgehead atoms. The maximum Gasteiger partial charge on any atom is 0.239 e. The van der Waals surface area contributed by atoms with Crippen LogP contribution in [-0.4, -0.2) is 37.0 Å². The van der Waals surface area contributed by atoms with Crippen molar-refractivity contribution in [3.05, 3.63) is 0 Å². The molecule has 3 N–H and O–H groups in total. The van der Waals surface area contributed by atoms with Gasteiger partial charge < -0.3 is 10.6 Å². The summed E-state index contributed by atoms with van der Waals surface area (Å²) in [7, 11) is 0. The quantitative estimate of drug-likeness (QED) is 0.586. The zero-order valence-electron chi connectivity index (χ0n) is 9.58. The number of nitrogens with one attached hydrogen (secondary N) is 3. The summed E-state index contributed by atoms with van der Waals surface area (Å²) in [6.07, 6.45) is 3.34. The molecule has 5 heteroatoms. The van der Waals surface area contributed by atoms with E-state index in [4.69, 9.17) is 0 Å². The van der Waals surface area contributed by atoms with Crippen LogP contribution in [0.1, 0.15) is 26.2 Å². The minimum absolute atomic E-state index is 0.0131. The molecule has 5 nitrogen and oxygen atoms in total. The Balaban J connectivity index is 1.77. The zero-order chi connectivity index (χ0) is 11.5. The van der Waals surface area contributed by atoms with E-state index in [-0.39, 0.29) is 24.4 Å². The largest absolute Gasteiger partial charge is 0.353 e. The lowest BCUT2D eigenvalue weighted by molar-refractivity contribution is -0.127. The summed E-state index contributed by atoms with van der Waals surface area (Å²) in [5, 5.41) is 8.66. The molecule has 2 amide bonds. The molecule has 0 radical (unpaired) electrons. The van der Waals surface area contributed by atoms with Crippen molar-refractivity contribution in [2.24, 2.45) is 5.92 Å². The SMILES string of the molecule is CC1CCC(NC(=O)C2CNC(=O)CN2)C1. The van der Waals surface area contributed by atoms with Crippen LogP contribution in [0.3, 0.4) is 0 Å². The first-order valence-corrected chi connectivity index (χ1v) is 5.95. The van der Waals surface area contributed by atoms with E-state index in [0.717, 1.165) is 12.8 Å². The summed E-state index contributed by atoms with van der Waals surface area (Å²) in [6, 6.07) is 0.0514. The fourth-order valence-electron chi connectivity index (χ4n) is 2.39. The van der Waals surface area contributed by atoms with Gasteiger partial charge in [0.05, 0.1) is 6.54 Å². The lowest BCUT2D eigenvalue weighted by atomic mass is 10.1. The molecule has 0 aromatic rings. The average Bonchev–Trinajstić information content (AvgIpc) is 2.65. The highest BCUT2D eigenvalue weighted by molar-refractivity contribution is 5.86. The van der Waals surface area contributed by atoms with E-state index < -0.39 is 0 Å². The minimum Gasteiger partial charge on any atom is -0.353 e. The number of rotatable bonds is 2. The first kappa shape index (κ1) is 11.4. The van der Waals surface area contributed by atoms with Gasteiger partial charge in [0.2, 0.25) is 11.8 Å². The highest BCUT2D eigenvalue weighted by Gasteiger charge is 2.28. The molecule has 3 unspecified atom stereocenters. The van der Waals surface area contributed by atoms with Gasteiger partial charge >= 0.3 is 0 Å². The molecule has 2 rings (SSSR count). The fourth-order valence-corrected chi connectivity index (χ4v) is 2.39. The predicted molar refractivity (Wildman–Crippen MR) is 59.7 cm³/mol. The molecule has 3 atom stereocenters. The van der Waals surface area contributed by atoms with E-state index in [9.17, 15) is 9.59 Å². The van der Waals surface area contributed by atoms with Gasteiger partial charge in [-0.05, 0) is 25.2 Å². The van der Waals surface area contributed by atoms with Gasteiger partial charge in [0.15, 0.2) is 0 Å². The molecule has 0 aromatic heterocycles. The average molecular weight is 225 g/mol. The molecule has 0 aromatic carbocycles. The predicted octanol–water partition coefficient (Wildman–Crippen LogP) is -0.621. The monoisotopic (exact) mass is 225 g/mol. The summed E-state index contributed by atoms with van der Waals surface area (Å²) in [6.45, 7) is 2.84. The second kappa shape index (κ2) is 4.82. The zero-order valence-corrected chi connectivity index (χ0v) is 9.58. The van der Waals surface area contributed by atoms with Crippen LogP contribution in [0, 0.1) is 5.92 Å². The smallest absolute Gasteiger partial charge is 0.239 e. The number of hydrogen-bond acceptors (Lipinski definition) is 3. The van der Waals surface area contributed by atoms with Gasteiger partial charge in [-0.25, -0.2) is 0 Å². The maximum atomic E-state index is 11.8. The van der Waals surface area contributed by atoms with Crippen LogP contribution in [0.5, 0.6) is 0 Å². The number of hydrogen-bond donors (Lipinski definition) is 3. The Bertz CT molecular complexity index is 283. The molecule has 1 heterocycles. The molecule has 0 spiro atoms. The van der Waals surface area contributed by atoms with Gasteiger partial charge in [0.1, 0.15) is 6.04 Å². The molecule has 90 valence electrons. The van der Waals surface area contributed by atoms with Crippen LogP contribution in [0.15, 0.2) is 0 Å². The lowest BCUT2D eigenvalue weighted by Gasteiger charge is -2.24. The topological polar surface area (TPSA) is 70.2 Å². The highest BCUT2D eigenvalue weighted by atomic mass is 16.2. The third-order valence-corrected chi connectivity index (χ3v) is 3.37. The Kier molecular flexibility index (Phi) is 3.43. The summed E-state index contributed by atoms with van der Waals surface area (Å²) in [4.78, 5) is 22.8. The lowest BCUT2D eigenvalue weighted by Crippen LogP contribution is -2.58. The molecule has 1 saturated heterocycles. The van der Waals surface area contributed by atoms with Crippen molar-refractivity contribution in [2.45, 2.75) is 38.3 Å². The van der Waals surface area contributed by atoms with Crippen molar-refractivity contribution in [3.8, 4) is 0 Å². The summed E-state index contributed by atoms with van der Waals surface area (Å²) >= 11 is 0. The van der Waals surface area contributed by atoms with Crippen LogP contribution in [0.25, 0.3) is 0 Å². The Morgan fingerprint density at radius 3 is 2.81 bits per heavy atom. The standard InChI is InChI=1S/C11H19N3O2/c1-7-2-3-8(4-7)14-11(16)9-5-13-10(15)6-12-9/h7-9,12H,2-6H2,1H3,(H,13,15)(H,14,16). The summed E-state index contributed by atoms with van der Waals surface area (Å²) in [5.74, 6) is 0.682. The Morgan fingerprint density at radius 2 is 2.25 bits per heavy atom. The van der Waals surface area contributed by atoms with Crippen molar-refractivity contribution < 1.29 is 9.59 Å². The van der Waals surface area contributed by atoms with Crippen LogP contribution >= 0.6 is 0 Å². The van der Waals surface area contributed by atoms with Crippen molar-refractivity contribution in [1.82, 2.24) is 16.0 Å². The molecule has 1 aliphatic carbocycles. The van der Waals surface area contributed by atoms with E-state index in [0.29, 0.717) is 18.5 Å². The second-order valence-corrected chi connectivity index (χ2v) is 4.86. The number of piperazine rings is 1. The van der Waals surface area contributed by atoms with Crippen LogP contribution in [-0.2, 0) is 9.59 Å². The number of carbonyl (C=O) groups is 2. The Hall–Kier alpha value is -1.10. The van der Waals surface area contributed by atoms with Gasteiger partial charge in [-0.2, -0.15) is 0 Å². The van der Waals surface area contributed by atoms with Crippen LogP contribution < -0.4 is 16.0 Å². The number of amides is 2. The highest BCUT2D eigenvalue weighted by Crippen LogP contribution is 2.24. The van der Waals surface area contributed by atoms with Crippen molar-refractivity contribution in [2.75, 3.05) is 13.1 Å². The molecular formula is C11H19N3O2. The van der Waals surface area contributed by atoms with Gasteiger partial charge in [0.25, 0.3) is 0 Å². The van der Waals surface area contributed by atoms with Gasteiger partial charge in [-0.1, -0.05) is 6.92 Å². The Morgan fingerprint density at radius 1 is 1.44 bits per heavy atom. The first-order valence-electron chi connectivity index (χ1n) is 5.95. The van der Waals surface area contributed by atoms with Gasteiger partial charge in [-0.15, -0.1) is 0 Å². The molecular weight excluding hydrogens is 206 g/mol. The van der Waals surface area contributed by atoms with E-state index in [1.807, 2.05) is 0 Å². The van der Waals surface area contributed by atoms with Crippen LogP contribution in [0.2, 0.25) is 0 Å². The molecule has 2 aliphatic rings. The molecule has 2 fully saturated rings. The molecule has 1 aliphatic heterocycles. The normalized spacial score (nSPS) is 34.6. The third-order valence-electron chi connectivity index (χ3n) is 3.37. The molecule has 16 heavy (non-hydrogen) atoms. The summed E-state index contributed by atoms with van der Waals surface area (Å²) < 4.78 is 0. The fraction of sp³-hybridized carbons (Fsp3) is 0.818. The van der Waals surface area contributed by atoms with Crippen molar-refractivity contribution >= 4 is 11.8 Å². The van der Waals surface area contributed by atoms with E-state index >= 15 is 0 Å². The maximum absolute atomic E-state index is 11.8. The minimum atomic E-state index is -0.270. The van der Waals surface area contributed by atoms with Crippen molar-refractivity contribution in [3.63, 3.8) is 0 Å². The van der Waals surface area contributed by atoms with Crippen LogP contribution in [0.4, 0.5) is 0 Å². The van der Waals surface area contributed by atoms with Gasteiger partial charge in [0, 0.05) is 12.6 Å². The van der Waals surface area contributed by atoms with Gasteiger partial charge in [-0.3, -0.25) is 14.9 Å². The Labute approximate surface area is 95.3 Å². The summed E-state index contributed by atoms with van der Waals surface area (Å²) in [5.41, 5.74) is 0. The third kappa shape index (κ3) is 2.72. The van der Waals surface area contributed by atoms with E-state index in [1.165, 1.54) is 6.42 Å². The number of carbonyl (C=O) groups excluding carboxylic acids is 2. The first-order chi connectivity index (χ1) is 7.65. The van der Waals surface area contributed by atoms with Crippen molar-refractivity contribution in [1.29, 1.82) is 0 Å².